The van der Waals surface area contributed by atoms with Crippen molar-refractivity contribution in [1.82, 2.24) is 15.5 Å². The predicted octanol–water partition coefficient (Wildman–Crippen LogP) is 3.30. The number of unbranched alkanes of at least 4 members (excludes halogenated alkanes) is 1. The molecule has 1 saturated heterocycles. The number of carbonyl (C=O) groups excluding carboxylic acids is 2. The van der Waals surface area contributed by atoms with E-state index in [9.17, 15) is 18.0 Å². The van der Waals surface area contributed by atoms with Gasteiger partial charge in [-0.3, -0.25) is 4.79 Å². The van der Waals surface area contributed by atoms with E-state index >= 15 is 0 Å². The zero-order chi connectivity index (χ0) is 25.8. The number of benzene rings is 2. The molecule has 36 heavy (non-hydrogen) atoms. The van der Waals surface area contributed by atoms with Gasteiger partial charge in [-0.2, -0.15) is 0 Å². The van der Waals surface area contributed by atoms with Crippen LogP contribution in [0.25, 0.3) is 0 Å². The van der Waals surface area contributed by atoms with Crippen molar-refractivity contribution in [3.63, 3.8) is 0 Å². The second-order valence-electron chi connectivity index (χ2n) is 8.74. The van der Waals surface area contributed by atoms with Gasteiger partial charge in [-0.05, 0) is 24.1 Å². The first-order chi connectivity index (χ1) is 17.4. The third-order valence-corrected chi connectivity index (χ3v) is 7.40. The van der Waals surface area contributed by atoms with Crippen LogP contribution in [0, 0.1) is 0 Å². The molecule has 2 N–H and O–H groups in total. The quantitative estimate of drug-likeness (QED) is 0.480. The summed E-state index contributed by atoms with van der Waals surface area (Å²) in [5.41, 5.74) is 0.909. The molecular weight excluding hydrogens is 478 g/mol. The molecule has 0 aliphatic carbocycles. The third kappa shape index (κ3) is 8.49. The van der Waals surface area contributed by atoms with Crippen LogP contribution in [0.4, 0.5) is 4.79 Å². The molecule has 1 fully saturated rings. The summed E-state index contributed by atoms with van der Waals surface area (Å²) in [6.45, 7) is 3.88. The predicted molar refractivity (Wildman–Crippen MR) is 139 cm³/mol. The summed E-state index contributed by atoms with van der Waals surface area (Å²) in [5.74, 6) is -0.358. The van der Waals surface area contributed by atoms with E-state index in [0.29, 0.717) is 39.1 Å². The maximum Gasteiger partial charge on any atom is 0.318 e. The van der Waals surface area contributed by atoms with Gasteiger partial charge in [0.15, 0.2) is 9.84 Å². The SMILES string of the molecule is CCCCC(C=CS(=O)(=O)c1ccccc1)NC(=O)C(Cc1ccccc1)NC(=O)N1CCOCC1. The van der Waals surface area contributed by atoms with Crippen molar-refractivity contribution >= 4 is 21.8 Å². The fraction of sp³-hybridized carbons (Fsp3) is 0.407. The van der Waals surface area contributed by atoms with Gasteiger partial charge in [0.05, 0.1) is 18.1 Å². The van der Waals surface area contributed by atoms with E-state index in [1.165, 1.54) is 18.2 Å². The van der Waals surface area contributed by atoms with E-state index in [0.717, 1.165) is 23.8 Å². The summed E-state index contributed by atoms with van der Waals surface area (Å²) in [7, 11) is -3.64. The molecule has 0 radical (unpaired) electrons. The van der Waals surface area contributed by atoms with Crippen molar-refractivity contribution in [1.29, 1.82) is 0 Å². The monoisotopic (exact) mass is 513 g/mol. The van der Waals surface area contributed by atoms with Gasteiger partial charge in [-0.25, -0.2) is 13.2 Å². The number of ether oxygens (including phenoxy) is 1. The van der Waals surface area contributed by atoms with Crippen LogP contribution >= 0.6 is 0 Å². The van der Waals surface area contributed by atoms with Gasteiger partial charge < -0.3 is 20.3 Å². The Hall–Kier alpha value is -3.17. The smallest absolute Gasteiger partial charge is 0.318 e. The molecule has 0 aromatic heterocycles. The summed E-state index contributed by atoms with van der Waals surface area (Å²) in [4.78, 5) is 28.1. The minimum atomic E-state index is -3.64. The summed E-state index contributed by atoms with van der Waals surface area (Å²) >= 11 is 0. The summed E-state index contributed by atoms with van der Waals surface area (Å²) in [5, 5.41) is 6.98. The van der Waals surface area contributed by atoms with Crippen molar-refractivity contribution in [3.05, 3.63) is 77.7 Å². The van der Waals surface area contributed by atoms with Crippen LogP contribution in [-0.4, -0.2) is 63.6 Å². The second kappa shape index (κ2) is 13.8. The first kappa shape index (κ1) is 27.4. The average molecular weight is 514 g/mol. The van der Waals surface area contributed by atoms with E-state index in [1.807, 2.05) is 37.3 Å². The highest BCUT2D eigenvalue weighted by molar-refractivity contribution is 7.94. The summed E-state index contributed by atoms with van der Waals surface area (Å²) in [6, 6.07) is 16.0. The molecule has 1 aliphatic heterocycles. The zero-order valence-corrected chi connectivity index (χ0v) is 21.5. The molecule has 3 amide bonds. The molecule has 9 heteroatoms. The van der Waals surface area contributed by atoms with Gasteiger partial charge >= 0.3 is 6.03 Å². The number of carbonyl (C=O) groups is 2. The van der Waals surface area contributed by atoms with Crippen molar-refractivity contribution in [3.8, 4) is 0 Å². The number of rotatable bonds is 11. The lowest BCUT2D eigenvalue weighted by Gasteiger charge is -2.29. The minimum absolute atomic E-state index is 0.196. The first-order valence-electron chi connectivity index (χ1n) is 12.3. The van der Waals surface area contributed by atoms with Gasteiger partial charge in [0.2, 0.25) is 5.91 Å². The fourth-order valence-electron chi connectivity index (χ4n) is 3.88. The molecule has 194 valence electrons. The molecule has 0 bridgehead atoms. The molecule has 1 heterocycles. The normalized spacial score (nSPS) is 15.9. The van der Waals surface area contributed by atoms with E-state index in [2.05, 4.69) is 10.6 Å². The van der Waals surface area contributed by atoms with Crippen LogP contribution in [0.3, 0.4) is 0 Å². The molecule has 2 aromatic rings. The number of sulfone groups is 1. The van der Waals surface area contributed by atoms with Gasteiger partial charge in [-0.1, -0.05) is 74.4 Å². The fourth-order valence-corrected chi connectivity index (χ4v) is 4.97. The highest BCUT2D eigenvalue weighted by atomic mass is 32.2. The number of urea groups is 1. The Morgan fingerprint density at radius 3 is 2.28 bits per heavy atom. The zero-order valence-electron chi connectivity index (χ0n) is 20.6. The van der Waals surface area contributed by atoms with Crippen LogP contribution in [0.5, 0.6) is 0 Å². The standard InChI is InChI=1S/C27H35N3O5S/c1-2-3-12-23(15-20-36(33,34)24-13-8-5-9-14-24)28-26(31)25(21-22-10-6-4-7-11-22)29-27(32)30-16-18-35-19-17-30/h4-11,13-15,20,23,25H,2-3,12,16-19,21H2,1H3,(H,28,31)(H,29,32). The molecular formula is C27H35N3O5S. The lowest BCUT2D eigenvalue weighted by atomic mass is 10.0. The number of hydrogen-bond acceptors (Lipinski definition) is 5. The van der Waals surface area contributed by atoms with Crippen molar-refractivity contribution in [2.24, 2.45) is 0 Å². The maximum absolute atomic E-state index is 13.4. The number of amides is 3. The van der Waals surface area contributed by atoms with E-state index in [1.54, 1.807) is 23.1 Å². The molecule has 2 atom stereocenters. The Bertz CT molecular complexity index is 1100. The van der Waals surface area contributed by atoms with Gasteiger partial charge in [0, 0.05) is 31.0 Å². The number of nitrogens with zero attached hydrogens (tertiary/aromatic N) is 1. The van der Waals surface area contributed by atoms with Crippen molar-refractivity contribution in [2.45, 2.75) is 49.6 Å². The second-order valence-corrected chi connectivity index (χ2v) is 10.6. The lowest BCUT2D eigenvalue weighted by Crippen LogP contribution is -2.55. The Labute approximate surface area is 213 Å². The Morgan fingerprint density at radius 2 is 1.64 bits per heavy atom. The van der Waals surface area contributed by atoms with E-state index < -0.39 is 21.9 Å². The lowest BCUT2D eigenvalue weighted by molar-refractivity contribution is -0.123. The Morgan fingerprint density at radius 1 is 1.00 bits per heavy atom. The van der Waals surface area contributed by atoms with Crippen molar-refractivity contribution in [2.75, 3.05) is 26.3 Å². The molecule has 1 aliphatic rings. The average Bonchev–Trinajstić information content (AvgIpc) is 2.91. The van der Waals surface area contributed by atoms with Crippen LogP contribution in [0.15, 0.2) is 77.0 Å². The minimum Gasteiger partial charge on any atom is -0.378 e. The third-order valence-electron chi connectivity index (χ3n) is 5.95. The van der Waals surface area contributed by atoms with Gasteiger partial charge in [0.25, 0.3) is 0 Å². The van der Waals surface area contributed by atoms with Crippen molar-refractivity contribution < 1.29 is 22.7 Å². The summed E-state index contributed by atoms with van der Waals surface area (Å²) in [6.07, 6.45) is 4.13. The van der Waals surface area contributed by atoms with Gasteiger partial charge in [-0.15, -0.1) is 0 Å². The van der Waals surface area contributed by atoms with Crippen LogP contribution in [0.1, 0.15) is 31.7 Å². The highest BCUT2D eigenvalue weighted by Crippen LogP contribution is 2.13. The summed E-state index contributed by atoms with van der Waals surface area (Å²) < 4.78 is 30.8. The van der Waals surface area contributed by atoms with Crippen LogP contribution in [-0.2, 0) is 25.8 Å². The molecule has 2 aromatic carbocycles. The molecule has 8 nitrogen and oxygen atoms in total. The van der Waals surface area contributed by atoms with Crippen LogP contribution in [0.2, 0.25) is 0 Å². The highest BCUT2D eigenvalue weighted by Gasteiger charge is 2.26. The van der Waals surface area contributed by atoms with E-state index in [4.69, 9.17) is 4.74 Å². The Balaban J connectivity index is 1.75. The Kier molecular flexibility index (Phi) is 10.5. The van der Waals surface area contributed by atoms with Gasteiger partial charge in [0.1, 0.15) is 6.04 Å². The van der Waals surface area contributed by atoms with Crippen LogP contribution < -0.4 is 10.6 Å². The largest absolute Gasteiger partial charge is 0.378 e. The molecule has 3 rings (SSSR count). The number of hydrogen-bond donors (Lipinski definition) is 2. The number of morpholine rings is 1. The first-order valence-corrected chi connectivity index (χ1v) is 13.9. The molecule has 0 saturated carbocycles. The topological polar surface area (TPSA) is 105 Å². The molecule has 0 spiro atoms. The van der Waals surface area contributed by atoms with E-state index in [-0.39, 0.29) is 16.8 Å². The molecule has 2 unspecified atom stereocenters. The maximum atomic E-state index is 13.4. The number of nitrogens with one attached hydrogen (secondary N) is 2.